The molecule has 0 bridgehead atoms. The summed E-state index contributed by atoms with van der Waals surface area (Å²) >= 11 is 0. The van der Waals surface area contributed by atoms with Crippen LogP contribution in [0.15, 0.2) is 72.9 Å². The summed E-state index contributed by atoms with van der Waals surface area (Å²) < 4.78 is 7.52. The van der Waals surface area contributed by atoms with Gasteiger partial charge < -0.3 is 15.4 Å². The van der Waals surface area contributed by atoms with Gasteiger partial charge in [0.1, 0.15) is 5.60 Å². The SMILES string of the molecule is CCNc1nnc2c3cc(-c4ccccc4)c(-c4ccc(C5(NC(=O)OC(C)(C)C)CCC5)cc4)nc3ccn12. The first kappa shape index (κ1) is 25.8. The number of nitrogens with zero attached hydrogens (tertiary/aromatic N) is 4. The van der Waals surface area contributed by atoms with Crippen molar-refractivity contribution in [3.8, 4) is 22.4 Å². The zero-order valence-electron chi connectivity index (χ0n) is 23.4. The molecule has 0 unspecified atom stereocenters. The van der Waals surface area contributed by atoms with E-state index >= 15 is 0 Å². The lowest BCUT2D eigenvalue weighted by molar-refractivity contribution is 0.0377. The number of hydrogen-bond donors (Lipinski definition) is 2. The Morgan fingerprint density at radius 2 is 1.75 bits per heavy atom. The molecule has 3 heterocycles. The molecule has 204 valence electrons. The molecule has 1 aliphatic carbocycles. The molecule has 1 aliphatic rings. The summed E-state index contributed by atoms with van der Waals surface area (Å²) in [6, 6.07) is 22.9. The molecular weight excluding hydrogens is 500 g/mol. The number of benzene rings is 2. The van der Waals surface area contributed by atoms with Gasteiger partial charge in [0.2, 0.25) is 5.95 Å². The normalized spacial score (nSPS) is 14.6. The van der Waals surface area contributed by atoms with Gasteiger partial charge in [-0.15, -0.1) is 10.2 Å². The topological polar surface area (TPSA) is 93.4 Å². The van der Waals surface area contributed by atoms with Crippen LogP contribution in [-0.2, 0) is 10.3 Å². The van der Waals surface area contributed by atoms with Gasteiger partial charge in [-0.1, -0.05) is 54.6 Å². The average molecular weight is 535 g/mol. The van der Waals surface area contributed by atoms with Crippen molar-refractivity contribution < 1.29 is 9.53 Å². The molecule has 3 aromatic heterocycles. The van der Waals surface area contributed by atoms with E-state index in [1.807, 2.05) is 62.6 Å². The predicted octanol–water partition coefficient (Wildman–Crippen LogP) is 6.95. The number of carbonyl (C=O) groups excluding carboxylic acids is 1. The monoisotopic (exact) mass is 534 g/mol. The van der Waals surface area contributed by atoms with Crippen molar-refractivity contribution in [3.63, 3.8) is 0 Å². The first-order valence-electron chi connectivity index (χ1n) is 13.9. The molecule has 1 amide bonds. The lowest BCUT2D eigenvalue weighted by atomic mass is 9.71. The fraction of sp³-hybridized carbons (Fsp3) is 0.312. The first-order chi connectivity index (χ1) is 19.3. The summed E-state index contributed by atoms with van der Waals surface area (Å²) in [5.74, 6) is 0.713. The quantitative estimate of drug-likeness (QED) is 0.245. The summed E-state index contributed by atoms with van der Waals surface area (Å²) in [7, 11) is 0. The number of hydrogen-bond acceptors (Lipinski definition) is 6. The van der Waals surface area contributed by atoms with Crippen molar-refractivity contribution in [2.75, 3.05) is 11.9 Å². The number of fused-ring (bicyclic) bond motifs is 3. The zero-order chi connectivity index (χ0) is 27.9. The maximum atomic E-state index is 12.6. The van der Waals surface area contributed by atoms with Gasteiger partial charge in [0.15, 0.2) is 5.65 Å². The van der Waals surface area contributed by atoms with Crippen LogP contribution in [0.2, 0.25) is 0 Å². The molecule has 0 aliphatic heterocycles. The number of ether oxygens (including phenoxy) is 1. The van der Waals surface area contributed by atoms with Gasteiger partial charge in [-0.25, -0.2) is 9.78 Å². The minimum Gasteiger partial charge on any atom is -0.444 e. The van der Waals surface area contributed by atoms with Crippen LogP contribution in [0.25, 0.3) is 38.9 Å². The van der Waals surface area contributed by atoms with Gasteiger partial charge in [-0.3, -0.25) is 4.40 Å². The second kappa shape index (κ2) is 9.93. The van der Waals surface area contributed by atoms with Crippen molar-refractivity contribution in [2.24, 2.45) is 0 Å². The van der Waals surface area contributed by atoms with Crippen molar-refractivity contribution in [2.45, 2.75) is 58.1 Å². The Morgan fingerprint density at radius 3 is 2.40 bits per heavy atom. The highest BCUT2D eigenvalue weighted by Gasteiger charge is 2.41. The molecule has 2 N–H and O–H groups in total. The molecule has 0 spiro atoms. The van der Waals surface area contributed by atoms with E-state index in [2.05, 4.69) is 63.3 Å². The molecule has 0 radical (unpaired) electrons. The molecule has 8 nitrogen and oxygen atoms in total. The lowest BCUT2D eigenvalue weighted by Crippen LogP contribution is -2.52. The van der Waals surface area contributed by atoms with Crippen LogP contribution < -0.4 is 10.6 Å². The minimum absolute atomic E-state index is 0.379. The van der Waals surface area contributed by atoms with Crippen LogP contribution in [0.3, 0.4) is 0 Å². The van der Waals surface area contributed by atoms with Gasteiger partial charge in [0.05, 0.1) is 16.7 Å². The minimum atomic E-state index is -0.541. The van der Waals surface area contributed by atoms with Crippen molar-refractivity contribution in [1.29, 1.82) is 0 Å². The van der Waals surface area contributed by atoms with E-state index in [9.17, 15) is 4.79 Å². The highest BCUT2D eigenvalue weighted by Crippen LogP contribution is 2.42. The third kappa shape index (κ3) is 4.74. The Balaban J connectivity index is 1.42. The second-order valence-electron chi connectivity index (χ2n) is 11.4. The predicted molar refractivity (Wildman–Crippen MR) is 158 cm³/mol. The van der Waals surface area contributed by atoms with Crippen molar-refractivity contribution >= 4 is 28.6 Å². The maximum absolute atomic E-state index is 12.6. The van der Waals surface area contributed by atoms with Crippen LogP contribution in [0.5, 0.6) is 0 Å². The highest BCUT2D eigenvalue weighted by atomic mass is 16.6. The Kier molecular flexibility index (Phi) is 6.41. The van der Waals surface area contributed by atoms with E-state index in [4.69, 9.17) is 9.72 Å². The van der Waals surface area contributed by atoms with E-state index in [1.54, 1.807) is 0 Å². The molecule has 6 rings (SSSR count). The Hall–Kier alpha value is -4.46. The number of rotatable bonds is 6. The summed E-state index contributed by atoms with van der Waals surface area (Å²) in [5, 5.41) is 16.2. The maximum Gasteiger partial charge on any atom is 0.408 e. The van der Waals surface area contributed by atoms with E-state index < -0.39 is 11.1 Å². The molecule has 0 saturated heterocycles. The van der Waals surface area contributed by atoms with E-state index in [0.29, 0.717) is 5.95 Å². The number of alkyl carbamates (subject to hydrolysis) is 1. The highest BCUT2D eigenvalue weighted by molar-refractivity contribution is 5.98. The van der Waals surface area contributed by atoms with Crippen LogP contribution in [0.1, 0.15) is 52.5 Å². The molecule has 1 fully saturated rings. The standard InChI is InChI=1S/C32H34N6O2/c1-5-33-29-37-36-28-25-20-24(21-10-7-6-8-11-21)27(34-26(25)16-19-38(28)29)22-12-14-23(15-13-22)32(17-9-18-32)35-30(39)40-31(2,3)4/h6-8,10-16,19-20H,5,9,17-18H2,1-4H3,(H,33,37)(H,35,39). The number of aromatic nitrogens is 4. The Labute approximate surface area is 233 Å². The molecule has 2 aromatic carbocycles. The van der Waals surface area contributed by atoms with Crippen LogP contribution in [-0.4, -0.2) is 37.8 Å². The summed E-state index contributed by atoms with van der Waals surface area (Å²) in [6.07, 6.45) is 4.42. The summed E-state index contributed by atoms with van der Waals surface area (Å²) in [6.45, 7) is 8.44. The van der Waals surface area contributed by atoms with Crippen molar-refractivity contribution in [3.05, 3.63) is 78.5 Å². The third-order valence-corrected chi connectivity index (χ3v) is 7.45. The van der Waals surface area contributed by atoms with Gasteiger partial charge in [0, 0.05) is 29.3 Å². The number of carbonyl (C=O) groups is 1. The van der Waals surface area contributed by atoms with E-state index in [1.165, 1.54) is 0 Å². The van der Waals surface area contributed by atoms with Gasteiger partial charge in [-0.2, -0.15) is 0 Å². The fourth-order valence-electron chi connectivity index (χ4n) is 5.39. The van der Waals surface area contributed by atoms with Gasteiger partial charge in [-0.05, 0) is 70.2 Å². The third-order valence-electron chi connectivity index (χ3n) is 7.45. The smallest absolute Gasteiger partial charge is 0.408 e. The second-order valence-corrected chi connectivity index (χ2v) is 11.4. The first-order valence-corrected chi connectivity index (χ1v) is 13.9. The molecule has 40 heavy (non-hydrogen) atoms. The number of anilines is 1. The zero-order valence-corrected chi connectivity index (χ0v) is 23.4. The van der Waals surface area contributed by atoms with Gasteiger partial charge >= 0.3 is 6.09 Å². The average Bonchev–Trinajstić information content (AvgIpc) is 3.33. The lowest BCUT2D eigenvalue weighted by Gasteiger charge is -2.43. The fourth-order valence-corrected chi connectivity index (χ4v) is 5.39. The van der Waals surface area contributed by atoms with Crippen LogP contribution in [0.4, 0.5) is 10.7 Å². The van der Waals surface area contributed by atoms with Gasteiger partial charge in [0.25, 0.3) is 0 Å². The number of nitrogens with one attached hydrogen (secondary N) is 2. The van der Waals surface area contributed by atoms with Crippen molar-refractivity contribution in [1.82, 2.24) is 24.9 Å². The molecule has 8 heteroatoms. The molecular formula is C32H34N6O2. The Morgan fingerprint density at radius 1 is 1.00 bits per heavy atom. The van der Waals surface area contributed by atoms with E-state index in [0.717, 1.165) is 70.3 Å². The van der Waals surface area contributed by atoms with E-state index in [-0.39, 0.29) is 6.09 Å². The Bertz CT molecular complexity index is 1680. The number of pyridine rings is 2. The molecule has 0 atom stereocenters. The molecule has 5 aromatic rings. The van der Waals surface area contributed by atoms with Crippen LogP contribution in [0, 0.1) is 0 Å². The summed E-state index contributed by atoms with van der Waals surface area (Å²) in [5.41, 5.74) is 5.75. The van der Waals surface area contributed by atoms with Crippen LogP contribution >= 0.6 is 0 Å². The largest absolute Gasteiger partial charge is 0.444 e. The molecule has 1 saturated carbocycles. The number of amides is 1. The summed E-state index contributed by atoms with van der Waals surface area (Å²) in [4.78, 5) is 17.8.